The van der Waals surface area contributed by atoms with Crippen LogP contribution in [0.2, 0.25) is 10.0 Å². The van der Waals surface area contributed by atoms with Crippen LogP contribution in [0.4, 0.5) is 0 Å². The summed E-state index contributed by atoms with van der Waals surface area (Å²) in [6.07, 6.45) is 0.228. The van der Waals surface area contributed by atoms with Gasteiger partial charge in [-0.25, -0.2) is 0 Å². The first-order valence-corrected chi connectivity index (χ1v) is 7.44. The maximum atomic E-state index is 12.2. The van der Waals surface area contributed by atoms with E-state index in [0.29, 0.717) is 10.0 Å². The van der Waals surface area contributed by atoms with Gasteiger partial charge in [-0.2, -0.15) is 0 Å². The first-order chi connectivity index (χ1) is 9.88. The molecule has 0 bridgehead atoms. The van der Waals surface area contributed by atoms with Gasteiger partial charge in [0.2, 0.25) is 5.91 Å². The van der Waals surface area contributed by atoms with Gasteiger partial charge in [0.05, 0.1) is 12.0 Å². The molecule has 1 N–H and O–H groups in total. The van der Waals surface area contributed by atoms with Crippen molar-refractivity contribution in [2.24, 2.45) is 0 Å². The molecule has 0 saturated heterocycles. The minimum Gasteiger partial charge on any atom is -0.347 e. The third-order valence-electron chi connectivity index (χ3n) is 3.31. The standard InChI is InChI=1S/C17H17Cl2NO/c1-17(2,13-6-4-3-5-7-13)20-16(21)10-12-8-9-14(18)11-15(12)19/h3-9,11H,10H2,1-2H3,(H,20,21). The number of hydrogen-bond donors (Lipinski definition) is 1. The van der Waals surface area contributed by atoms with Crippen LogP contribution in [-0.2, 0) is 16.8 Å². The number of carbonyl (C=O) groups is 1. The Kier molecular flexibility index (Phi) is 4.92. The molecular formula is C17H17Cl2NO. The monoisotopic (exact) mass is 321 g/mol. The van der Waals surface area contributed by atoms with E-state index in [0.717, 1.165) is 11.1 Å². The molecule has 21 heavy (non-hydrogen) atoms. The third-order valence-corrected chi connectivity index (χ3v) is 3.90. The van der Waals surface area contributed by atoms with Gasteiger partial charge in [0, 0.05) is 10.0 Å². The minimum absolute atomic E-state index is 0.0759. The Morgan fingerprint density at radius 3 is 2.38 bits per heavy atom. The Balaban J connectivity index is 2.08. The van der Waals surface area contributed by atoms with Crippen LogP contribution in [0, 0.1) is 0 Å². The van der Waals surface area contributed by atoms with Crippen molar-refractivity contribution in [1.82, 2.24) is 5.32 Å². The number of halogens is 2. The number of nitrogens with one attached hydrogen (secondary N) is 1. The normalized spacial score (nSPS) is 11.2. The molecule has 2 nitrogen and oxygen atoms in total. The van der Waals surface area contributed by atoms with E-state index in [-0.39, 0.29) is 12.3 Å². The second-order valence-electron chi connectivity index (χ2n) is 5.45. The van der Waals surface area contributed by atoms with Crippen molar-refractivity contribution < 1.29 is 4.79 Å². The average Bonchev–Trinajstić information content (AvgIpc) is 2.42. The van der Waals surface area contributed by atoms with Gasteiger partial charge in [-0.3, -0.25) is 4.79 Å². The summed E-state index contributed by atoms with van der Waals surface area (Å²) in [5.74, 6) is -0.0759. The fraction of sp³-hybridized carbons (Fsp3) is 0.235. The highest BCUT2D eigenvalue weighted by molar-refractivity contribution is 6.35. The van der Waals surface area contributed by atoms with Gasteiger partial charge in [-0.1, -0.05) is 59.6 Å². The van der Waals surface area contributed by atoms with E-state index in [1.54, 1.807) is 18.2 Å². The molecule has 1 amide bonds. The predicted molar refractivity (Wildman–Crippen MR) is 87.8 cm³/mol. The van der Waals surface area contributed by atoms with Gasteiger partial charge < -0.3 is 5.32 Å². The lowest BCUT2D eigenvalue weighted by molar-refractivity contribution is -0.122. The van der Waals surface area contributed by atoms with Crippen LogP contribution in [0.25, 0.3) is 0 Å². The third kappa shape index (κ3) is 4.23. The molecule has 0 unspecified atom stereocenters. The Morgan fingerprint density at radius 1 is 1.10 bits per heavy atom. The van der Waals surface area contributed by atoms with Crippen LogP contribution >= 0.6 is 23.2 Å². The summed E-state index contributed by atoms with van der Waals surface area (Å²) in [5, 5.41) is 4.11. The number of amides is 1. The Morgan fingerprint density at radius 2 is 1.76 bits per heavy atom. The van der Waals surface area contributed by atoms with Crippen LogP contribution in [0.5, 0.6) is 0 Å². The lowest BCUT2D eigenvalue weighted by atomic mass is 9.94. The van der Waals surface area contributed by atoms with Crippen LogP contribution < -0.4 is 5.32 Å². The van der Waals surface area contributed by atoms with Gasteiger partial charge in [-0.15, -0.1) is 0 Å². The first-order valence-electron chi connectivity index (χ1n) is 6.69. The Bertz CT molecular complexity index is 638. The molecule has 110 valence electrons. The van der Waals surface area contributed by atoms with E-state index in [1.807, 2.05) is 44.2 Å². The largest absolute Gasteiger partial charge is 0.347 e. The van der Waals surface area contributed by atoms with Crippen molar-refractivity contribution in [3.05, 3.63) is 69.7 Å². The number of hydrogen-bond acceptors (Lipinski definition) is 1. The van der Waals surface area contributed by atoms with E-state index in [2.05, 4.69) is 5.32 Å². The Hall–Kier alpha value is -1.51. The molecule has 2 aromatic rings. The highest BCUT2D eigenvalue weighted by Crippen LogP contribution is 2.23. The molecule has 0 aliphatic rings. The van der Waals surface area contributed by atoms with Gasteiger partial charge in [0.15, 0.2) is 0 Å². The summed E-state index contributed by atoms with van der Waals surface area (Å²) in [6.45, 7) is 3.95. The maximum Gasteiger partial charge on any atom is 0.225 e. The maximum absolute atomic E-state index is 12.2. The Labute approximate surface area is 135 Å². The summed E-state index contributed by atoms with van der Waals surface area (Å²) in [5.41, 5.74) is 1.39. The fourth-order valence-electron chi connectivity index (χ4n) is 2.16. The van der Waals surface area contributed by atoms with Crippen molar-refractivity contribution in [2.75, 3.05) is 0 Å². The zero-order valence-electron chi connectivity index (χ0n) is 12.0. The van der Waals surface area contributed by atoms with Crippen molar-refractivity contribution >= 4 is 29.1 Å². The van der Waals surface area contributed by atoms with Crippen molar-refractivity contribution in [1.29, 1.82) is 0 Å². The molecule has 0 radical (unpaired) electrons. The van der Waals surface area contributed by atoms with Crippen molar-refractivity contribution in [2.45, 2.75) is 25.8 Å². The molecule has 0 spiro atoms. The molecule has 0 aromatic heterocycles. The highest BCUT2D eigenvalue weighted by Gasteiger charge is 2.22. The summed E-state index contributed by atoms with van der Waals surface area (Å²) >= 11 is 12.0. The molecular weight excluding hydrogens is 305 g/mol. The minimum atomic E-state index is -0.433. The highest BCUT2D eigenvalue weighted by atomic mass is 35.5. The summed E-state index contributed by atoms with van der Waals surface area (Å²) in [7, 11) is 0. The summed E-state index contributed by atoms with van der Waals surface area (Å²) < 4.78 is 0. The van der Waals surface area contributed by atoms with Crippen LogP contribution in [0.3, 0.4) is 0 Å². The molecule has 0 aliphatic carbocycles. The zero-order chi connectivity index (χ0) is 15.5. The molecule has 0 heterocycles. The van der Waals surface area contributed by atoms with Gasteiger partial charge >= 0.3 is 0 Å². The SMILES string of the molecule is CC(C)(NC(=O)Cc1ccc(Cl)cc1Cl)c1ccccc1. The number of rotatable bonds is 4. The molecule has 0 aliphatic heterocycles. The lowest BCUT2D eigenvalue weighted by Gasteiger charge is -2.27. The van der Waals surface area contributed by atoms with E-state index in [4.69, 9.17) is 23.2 Å². The van der Waals surface area contributed by atoms with Crippen molar-refractivity contribution in [3.8, 4) is 0 Å². The topological polar surface area (TPSA) is 29.1 Å². The van der Waals surface area contributed by atoms with E-state index in [9.17, 15) is 4.79 Å². The van der Waals surface area contributed by atoms with Gasteiger partial charge in [0.25, 0.3) is 0 Å². The molecule has 0 fully saturated rings. The van der Waals surface area contributed by atoms with Crippen molar-refractivity contribution in [3.63, 3.8) is 0 Å². The molecule has 0 saturated carbocycles. The van der Waals surface area contributed by atoms with Crippen LogP contribution in [-0.4, -0.2) is 5.91 Å². The van der Waals surface area contributed by atoms with E-state index in [1.165, 1.54) is 0 Å². The molecule has 2 aromatic carbocycles. The van der Waals surface area contributed by atoms with E-state index >= 15 is 0 Å². The predicted octanol–water partition coefficient (Wildman–Crippen LogP) is 4.59. The summed E-state index contributed by atoms with van der Waals surface area (Å²) in [6, 6.07) is 15.0. The molecule has 4 heteroatoms. The second-order valence-corrected chi connectivity index (χ2v) is 6.30. The van der Waals surface area contributed by atoms with Crippen LogP contribution in [0.15, 0.2) is 48.5 Å². The average molecular weight is 322 g/mol. The van der Waals surface area contributed by atoms with Gasteiger partial charge in [-0.05, 0) is 37.1 Å². The second kappa shape index (κ2) is 6.50. The first kappa shape index (κ1) is 15.9. The lowest BCUT2D eigenvalue weighted by Crippen LogP contribution is -2.41. The quantitative estimate of drug-likeness (QED) is 0.876. The smallest absolute Gasteiger partial charge is 0.225 e. The fourth-order valence-corrected chi connectivity index (χ4v) is 2.63. The number of carbonyl (C=O) groups excluding carboxylic acids is 1. The zero-order valence-corrected chi connectivity index (χ0v) is 13.5. The molecule has 2 rings (SSSR count). The number of benzene rings is 2. The summed E-state index contributed by atoms with van der Waals surface area (Å²) in [4.78, 5) is 12.2. The molecule has 0 atom stereocenters. The van der Waals surface area contributed by atoms with Gasteiger partial charge in [0.1, 0.15) is 0 Å². The van der Waals surface area contributed by atoms with E-state index < -0.39 is 5.54 Å². The van der Waals surface area contributed by atoms with Crippen LogP contribution in [0.1, 0.15) is 25.0 Å².